The number of carbonyl (C=O) groups is 1. The van der Waals surface area contributed by atoms with E-state index in [1.807, 2.05) is 26.0 Å². The van der Waals surface area contributed by atoms with Crippen LogP contribution in [0.5, 0.6) is 0 Å². The van der Waals surface area contributed by atoms with E-state index in [1.165, 1.54) is 24.4 Å². The van der Waals surface area contributed by atoms with Gasteiger partial charge in [0.25, 0.3) is 10.9 Å². The Morgan fingerprint density at radius 2 is 1.76 bits per heavy atom. The van der Waals surface area contributed by atoms with Crippen LogP contribution in [0.1, 0.15) is 33.3 Å². The van der Waals surface area contributed by atoms with Gasteiger partial charge in [-0.15, -0.1) is 0 Å². The quantitative estimate of drug-likeness (QED) is 0.355. The smallest absolute Gasteiger partial charge is 0.270 e. The summed E-state index contributed by atoms with van der Waals surface area (Å²) in [5.74, 6) is -1.14. The minimum atomic E-state index is -1.67. The van der Waals surface area contributed by atoms with Crippen molar-refractivity contribution >= 4 is 39.5 Å². The summed E-state index contributed by atoms with van der Waals surface area (Å²) in [5.41, 5.74) is 0.930. The van der Waals surface area contributed by atoms with Gasteiger partial charge in [0.2, 0.25) is 0 Å². The van der Waals surface area contributed by atoms with Gasteiger partial charge in [0.1, 0.15) is 24.4 Å². The van der Waals surface area contributed by atoms with Crippen LogP contribution in [-0.2, 0) is 38.6 Å². The highest BCUT2D eigenvalue weighted by Gasteiger charge is 2.61. The van der Waals surface area contributed by atoms with E-state index in [0.717, 1.165) is 3.57 Å². The lowest BCUT2D eigenvalue weighted by atomic mass is 9.87. The summed E-state index contributed by atoms with van der Waals surface area (Å²) < 4.78 is 36.4. The Morgan fingerprint density at radius 3 is 2.27 bits per heavy atom. The molecular weight excluding hydrogens is 559 g/mol. The molecular formula is C24H37IO7S. The topological polar surface area (TPSA) is 72.5 Å². The van der Waals surface area contributed by atoms with E-state index in [4.69, 9.17) is 28.4 Å². The Balaban J connectivity index is 2.41. The van der Waals surface area contributed by atoms with Gasteiger partial charge in [-0.2, -0.15) is 0 Å². The molecule has 7 nitrogen and oxygen atoms in total. The van der Waals surface area contributed by atoms with Crippen LogP contribution in [0.25, 0.3) is 0 Å². The van der Waals surface area contributed by atoms with Crippen LogP contribution >= 0.6 is 34.4 Å². The second kappa shape index (κ2) is 12.6. The average Bonchev–Trinajstić information content (AvgIpc) is 2.76. The van der Waals surface area contributed by atoms with Gasteiger partial charge in [0.15, 0.2) is 0 Å². The highest BCUT2D eigenvalue weighted by molar-refractivity contribution is 14.1. The minimum Gasteiger partial charge on any atom is -0.382 e. The molecule has 1 aromatic carbocycles. The van der Waals surface area contributed by atoms with Crippen molar-refractivity contribution in [3.63, 3.8) is 0 Å². The lowest BCUT2D eigenvalue weighted by Gasteiger charge is -2.50. The lowest BCUT2D eigenvalue weighted by Crippen LogP contribution is -2.70. The number of thioether (sulfide) groups is 1. The molecule has 2 rings (SSSR count). The van der Waals surface area contributed by atoms with Crippen LogP contribution in [0, 0.1) is 3.57 Å². The molecule has 9 heteroatoms. The zero-order valence-electron chi connectivity index (χ0n) is 20.8. The maximum Gasteiger partial charge on any atom is 0.270 e. The highest BCUT2D eigenvalue weighted by atomic mass is 127. The van der Waals surface area contributed by atoms with Gasteiger partial charge < -0.3 is 28.4 Å². The molecule has 0 N–H and O–H groups in total. The Kier molecular flexibility index (Phi) is 11.1. The second-order valence-electron chi connectivity index (χ2n) is 8.94. The predicted molar refractivity (Wildman–Crippen MR) is 138 cm³/mol. The van der Waals surface area contributed by atoms with Crippen LogP contribution in [0.4, 0.5) is 0 Å². The summed E-state index contributed by atoms with van der Waals surface area (Å²) >= 11 is 3.52. The summed E-state index contributed by atoms with van der Waals surface area (Å²) in [4.78, 5) is 13.9. The summed E-state index contributed by atoms with van der Waals surface area (Å²) in [6.45, 7) is 8.19. The number of hydrogen-bond donors (Lipinski definition) is 0. The third-order valence-electron chi connectivity index (χ3n) is 5.68. The summed E-state index contributed by atoms with van der Waals surface area (Å²) in [5, 5.41) is -0.264. The van der Waals surface area contributed by atoms with Crippen LogP contribution in [0.3, 0.4) is 0 Å². The van der Waals surface area contributed by atoms with Crippen molar-refractivity contribution in [2.75, 3.05) is 40.8 Å². The van der Waals surface area contributed by atoms with E-state index in [-0.39, 0.29) is 23.2 Å². The van der Waals surface area contributed by atoms with Crippen molar-refractivity contribution in [2.24, 2.45) is 0 Å². The fraction of sp³-hybridized carbons (Fsp3) is 0.708. The van der Waals surface area contributed by atoms with E-state index < -0.39 is 30.2 Å². The van der Waals surface area contributed by atoms with Crippen molar-refractivity contribution in [1.82, 2.24) is 0 Å². The fourth-order valence-electron chi connectivity index (χ4n) is 4.18. The highest BCUT2D eigenvalue weighted by Crippen LogP contribution is 2.41. The molecule has 0 bridgehead atoms. The van der Waals surface area contributed by atoms with Gasteiger partial charge in [-0.25, -0.2) is 0 Å². The molecule has 5 atom stereocenters. The van der Waals surface area contributed by atoms with Crippen molar-refractivity contribution < 1.29 is 33.2 Å². The Labute approximate surface area is 215 Å². The molecule has 188 valence electrons. The lowest BCUT2D eigenvalue weighted by molar-refractivity contribution is -0.358. The van der Waals surface area contributed by atoms with Gasteiger partial charge in [0, 0.05) is 43.2 Å². The van der Waals surface area contributed by atoms with Gasteiger partial charge in [-0.1, -0.05) is 43.8 Å². The number of rotatable bonds is 11. The van der Waals surface area contributed by atoms with Crippen LogP contribution in [-0.4, -0.2) is 82.2 Å². The van der Waals surface area contributed by atoms with E-state index in [0.29, 0.717) is 5.75 Å². The van der Waals surface area contributed by atoms with Crippen molar-refractivity contribution in [3.05, 3.63) is 33.4 Å². The zero-order chi connectivity index (χ0) is 24.8. The third kappa shape index (κ3) is 6.49. The number of halogens is 1. The van der Waals surface area contributed by atoms with E-state index in [9.17, 15) is 4.79 Å². The summed E-state index contributed by atoms with van der Waals surface area (Å²) in [6, 6.07) is 8.20. The van der Waals surface area contributed by atoms with Gasteiger partial charge in [-0.05, 0) is 48.1 Å². The molecule has 1 heterocycles. The number of carbonyl (C=O) groups excluding carboxylic acids is 1. The number of methoxy groups -OCH3 is 4. The van der Waals surface area contributed by atoms with E-state index >= 15 is 0 Å². The third-order valence-corrected chi connectivity index (χ3v) is 8.03. The van der Waals surface area contributed by atoms with E-state index in [1.54, 1.807) is 21.3 Å². The Hall–Kier alpha value is -0.270. The Morgan fingerprint density at radius 1 is 1.12 bits per heavy atom. The maximum atomic E-state index is 13.9. The molecule has 1 aromatic rings. The van der Waals surface area contributed by atoms with Crippen LogP contribution in [0.15, 0.2) is 24.3 Å². The van der Waals surface area contributed by atoms with Gasteiger partial charge in [-0.3, -0.25) is 4.79 Å². The molecule has 0 unspecified atom stereocenters. The first-order chi connectivity index (χ1) is 15.6. The Bertz CT molecular complexity index is 775. The first kappa shape index (κ1) is 29.0. The maximum absolute atomic E-state index is 13.9. The molecule has 0 aromatic heterocycles. The minimum absolute atomic E-state index is 0.212. The average molecular weight is 597 g/mol. The van der Waals surface area contributed by atoms with Crippen LogP contribution in [0.2, 0.25) is 0 Å². The summed E-state index contributed by atoms with van der Waals surface area (Å²) in [7, 11) is 6.24. The predicted octanol–water partition coefficient (Wildman–Crippen LogP) is 4.04. The molecule has 33 heavy (non-hydrogen) atoms. The standard InChI is InChI=1S/C24H37IO7S/c1-15(2)31-24(21(30-8)20(29-7)19(28-6)18(32-24)13-27-5)22(26)33-14-23(3,4)16-11-9-10-12-17(16)25/h9-12,15,18-21H,13-14H2,1-8H3/t18-,19-,20+,21+,24-/m1/s1. The van der Waals surface area contributed by atoms with Crippen molar-refractivity contribution in [1.29, 1.82) is 0 Å². The molecule has 1 aliphatic heterocycles. The zero-order valence-corrected chi connectivity index (χ0v) is 23.7. The number of benzene rings is 1. The largest absolute Gasteiger partial charge is 0.382 e. The fourth-order valence-corrected chi connectivity index (χ4v) is 6.36. The van der Waals surface area contributed by atoms with E-state index in [2.05, 4.69) is 48.6 Å². The van der Waals surface area contributed by atoms with Crippen LogP contribution < -0.4 is 0 Å². The molecule has 1 fully saturated rings. The normalized spacial score (nSPS) is 28.3. The number of hydrogen-bond acceptors (Lipinski definition) is 8. The molecule has 1 aliphatic rings. The monoisotopic (exact) mass is 596 g/mol. The summed E-state index contributed by atoms with van der Waals surface area (Å²) in [6.07, 6.45) is -2.80. The molecule has 0 saturated carbocycles. The first-order valence-corrected chi connectivity index (χ1v) is 13.0. The first-order valence-electron chi connectivity index (χ1n) is 10.9. The molecule has 0 spiro atoms. The SMILES string of the molecule is COC[C@H]1O[C@@](OC(C)C)(C(=O)SCC(C)(C)c2ccccc2I)[C@@H](OC)[C@@H](OC)[C@@H]1OC. The molecule has 0 aliphatic carbocycles. The molecule has 0 radical (unpaired) electrons. The number of ether oxygens (including phenoxy) is 6. The van der Waals surface area contributed by atoms with Gasteiger partial charge in [0.05, 0.1) is 12.7 Å². The second-order valence-corrected chi connectivity index (χ2v) is 11.1. The molecule has 0 amide bonds. The van der Waals surface area contributed by atoms with Gasteiger partial charge >= 0.3 is 0 Å². The van der Waals surface area contributed by atoms with Crippen molar-refractivity contribution in [2.45, 2.75) is 69.4 Å². The molecule has 1 saturated heterocycles. The van der Waals surface area contributed by atoms with Crippen molar-refractivity contribution in [3.8, 4) is 0 Å².